The third kappa shape index (κ3) is 3.68. The van der Waals surface area contributed by atoms with Gasteiger partial charge in [-0.1, -0.05) is 12.1 Å². The quantitative estimate of drug-likeness (QED) is 0.623. The zero-order valence-corrected chi connectivity index (χ0v) is 15.1. The van der Waals surface area contributed by atoms with Gasteiger partial charge < -0.3 is 14.9 Å². The Kier molecular flexibility index (Phi) is 5.52. The van der Waals surface area contributed by atoms with Crippen LogP contribution in [0.3, 0.4) is 0 Å². The van der Waals surface area contributed by atoms with Gasteiger partial charge >= 0.3 is 0 Å². The van der Waals surface area contributed by atoms with Gasteiger partial charge in [-0.3, -0.25) is 14.5 Å². The molecule has 1 atom stereocenters. The number of benzene rings is 1. The number of aliphatic hydroxyl groups excluding tert-OH is 1. The van der Waals surface area contributed by atoms with E-state index in [1.807, 2.05) is 30.7 Å². The van der Waals surface area contributed by atoms with Crippen molar-refractivity contribution < 1.29 is 19.7 Å². The lowest BCUT2D eigenvalue weighted by molar-refractivity contribution is 0.106. The van der Waals surface area contributed by atoms with Crippen molar-refractivity contribution in [3.63, 3.8) is 0 Å². The van der Waals surface area contributed by atoms with Crippen LogP contribution in [0.5, 0.6) is 11.5 Å². The van der Waals surface area contributed by atoms with Crippen LogP contribution >= 0.6 is 0 Å². The summed E-state index contributed by atoms with van der Waals surface area (Å²) in [4.78, 5) is 15.8. The lowest BCUT2D eigenvalue weighted by Crippen LogP contribution is -2.16. The number of aldehydes is 1. The normalized spacial score (nSPS) is 12.1. The van der Waals surface area contributed by atoms with Crippen LogP contribution in [0, 0.1) is 0 Å². The highest BCUT2D eigenvalue weighted by molar-refractivity contribution is 5.83. The maximum atomic E-state index is 11.3. The van der Waals surface area contributed by atoms with Crippen molar-refractivity contribution in [1.82, 2.24) is 14.8 Å². The summed E-state index contributed by atoms with van der Waals surface area (Å²) in [5.41, 5.74) is 2.13. The second kappa shape index (κ2) is 8.01. The van der Waals surface area contributed by atoms with E-state index in [1.54, 1.807) is 30.6 Å². The summed E-state index contributed by atoms with van der Waals surface area (Å²) in [7, 11) is 0. The number of pyridine rings is 1. The maximum Gasteiger partial charge on any atom is 0.157 e. The fraction of sp³-hybridized carbons (Fsp3) is 0.250. The van der Waals surface area contributed by atoms with E-state index in [0.717, 1.165) is 5.69 Å². The first-order valence-corrected chi connectivity index (χ1v) is 8.60. The minimum absolute atomic E-state index is 0.0358. The van der Waals surface area contributed by atoms with Crippen LogP contribution in [0.25, 0.3) is 11.4 Å². The number of phenols is 1. The minimum Gasteiger partial charge on any atom is -0.507 e. The average Bonchev–Trinajstić information content (AvgIpc) is 3.16. The van der Waals surface area contributed by atoms with Crippen molar-refractivity contribution in [3.05, 3.63) is 59.9 Å². The standard InChI is InChI=1S/C20H21N3O4/c1-13(2)23-16(8-10-22-23)20-14(5-4-9-21-20)19(12-25)27-18-7-3-6-17(26)15(18)11-24/h3-11,13,19,25-26H,12H2,1-2H3. The molecule has 0 amide bonds. The molecule has 3 rings (SSSR count). The van der Waals surface area contributed by atoms with Gasteiger partial charge in [0.2, 0.25) is 0 Å². The fourth-order valence-electron chi connectivity index (χ4n) is 2.91. The molecule has 0 bridgehead atoms. The van der Waals surface area contributed by atoms with Crippen molar-refractivity contribution in [2.45, 2.75) is 26.0 Å². The van der Waals surface area contributed by atoms with E-state index in [1.165, 1.54) is 6.07 Å². The van der Waals surface area contributed by atoms with Crippen LogP contribution in [-0.4, -0.2) is 37.9 Å². The van der Waals surface area contributed by atoms with Crippen LogP contribution in [-0.2, 0) is 0 Å². The average molecular weight is 367 g/mol. The number of aliphatic hydroxyl groups is 1. The van der Waals surface area contributed by atoms with Gasteiger partial charge in [-0.2, -0.15) is 5.10 Å². The molecule has 7 heteroatoms. The number of carbonyl (C=O) groups excluding carboxylic acids is 1. The largest absolute Gasteiger partial charge is 0.507 e. The molecule has 0 saturated carbocycles. The molecule has 2 aromatic heterocycles. The van der Waals surface area contributed by atoms with Crippen molar-refractivity contribution >= 4 is 6.29 Å². The second-order valence-corrected chi connectivity index (χ2v) is 6.29. The zero-order valence-electron chi connectivity index (χ0n) is 15.1. The predicted molar refractivity (Wildman–Crippen MR) is 99.8 cm³/mol. The maximum absolute atomic E-state index is 11.3. The molecular formula is C20H21N3O4. The van der Waals surface area contributed by atoms with E-state index in [9.17, 15) is 15.0 Å². The predicted octanol–water partition coefficient (Wildman–Crippen LogP) is 3.16. The van der Waals surface area contributed by atoms with Gasteiger partial charge in [0.15, 0.2) is 6.29 Å². The number of aromatic hydroxyl groups is 1. The number of hydrogen-bond acceptors (Lipinski definition) is 6. The third-order valence-electron chi connectivity index (χ3n) is 4.18. The molecule has 0 aliphatic carbocycles. The molecule has 0 radical (unpaired) electrons. The van der Waals surface area contributed by atoms with E-state index in [-0.39, 0.29) is 29.7 Å². The Balaban J connectivity index is 2.04. The zero-order chi connectivity index (χ0) is 19.4. The van der Waals surface area contributed by atoms with Gasteiger partial charge in [0.05, 0.1) is 23.6 Å². The van der Waals surface area contributed by atoms with Crippen molar-refractivity contribution in [2.75, 3.05) is 6.61 Å². The first-order valence-electron chi connectivity index (χ1n) is 8.60. The Bertz CT molecular complexity index is 936. The van der Waals surface area contributed by atoms with Crippen LogP contribution in [0.15, 0.2) is 48.8 Å². The lowest BCUT2D eigenvalue weighted by atomic mass is 10.0. The molecule has 0 fully saturated rings. The molecule has 1 unspecified atom stereocenters. The highest BCUT2D eigenvalue weighted by atomic mass is 16.5. The Hall–Kier alpha value is -3.19. The summed E-state index contributed by atoms with van der Waals surface area (Å²) in [6.45, 7) is 3.70. The number of carbonyl (C=O) groups is 1. The van der Waals surface area contributed by atoms with Gasteiger partial charge in [-0.05, 0) is 38.1 Å². The fourth-order valence-corrected chi connectivity index (χ4v) is 2.91. The molecule has 0 aliphatic heterocycles. The van der Waals surface area contributed by atoms with E-state index in [4.69, 9.17) is 4.74 Å². The van der Waals surface area contributed by atoms with E-state index >= 15 is 0 Å². The van der Waals surface area contributed by atoms with Crippen LogP contribution < -0.4 is 4.74 Å². The van der Waals surface area contributed by atoms with Gasteiger partial charge in [-0.15, -0.1) is 0 Å². The highest BCUT2D eigenvalue weighted by Gasteiger charge is 2.22. The van der Waals surface area contributed by atoms with Gasteiger partial charge in [0, 0.05) is 24.0 Å². The van der Waals surface area contributed by atoms with Gasteiger partial charge in [0.1, 0.15) is 17.6 Å². The SMILES string of the molecule is CC(C)n1nccc1-c1ncccc1C(CO)Oc1cccc(O)c1C=O. The number of phenolic OH excluding ortho intramolecular Hbond substituents is 1. The molecular weight excluding hydrogens is 346 g/mol. The summed E-state index contributed by atoms with van der Waals surface area (Å²) in [6, 6.07) is 10.1. The number of aromatic nitrogens is 3. The van der Waals surface area contributed by atoms with E-state index < -0.39 is 6.10 Å². The van der Waals surface area contributed by atoms with Gasteiger partial charge in [0.25, 0.3) is 0 Å². The highest BCUT2D eigenvalue weighted by Crippen LogP contribution is 2.33. The molecule has 140 valence electrons. The molecule has 0 aliphatic rings. The first kappa shape index (κ1) is 18.6. The molecule has 0 spiro atoms. The van der Waals surface area contributed by atoms with E-state index in [2.05, 4.69) is 10.1 Å². The third-order valence-corrected chi connectivity index (χ3v) is 4.18. The summed E-state index contributed by atoms with van der Waals surface area (Å²) >= 11 is 0. The minimum atomic E-state index is -0.773. The molecule has 7 nitrogen and oxygen atoms in total. The Morgan fingerprint density at radius 3 is 2.70 bits per heavy atom. The first-order chi connectivity index (χ1) is 13.1. The van der Waals surface area contributed by atoms with Crippen molar-refractivity contribution in [1.29, 1.82) is 0 Å². The van der Waals surface area contributed by atoms with Gasteiger partial charge in [-0.25, -0.2) is 0 Å². The number of rotatable bonds is 7. The van der Waals surface area contributed by atoms with Crippen molar-refractivity contribution in [2.24, 2.45) is 0 Å². The lowest BCUT2D eigenvalue weighted by Gasteiger charge is -2.21. The summed E-state index contributed by atoms with van der Waals surface area (Å²) in [5, 5.41) is 24.1. The second-order valence-electron chi connectivity index (χ2n) is 6.29. The van der Waals surface area contributed by atoms with Crippen molar-refractivity contribution in [3.8, 4) is 22.9 Å². The molecule has 27 heavy (non-hydrogen) atoms. The Morgan fingerprint density at radius 1 is 1.19 bits per heavy atom. The molecule has 1 aromatic carbocycles. The summed E-state index contributed by atoms with van der Waals surface area (Å²) in [6.07, 6.45) is 3.11. The van der Waals surface area contributed by atoms with Crippen LogP contribution in [0.2, 0.25) is 0 Å². The molecule has 2 heterocycles. The van der Waals surface area contributed by atoms with Crippen LogP contribution in [0.4, 0.5) is 0 Å². The number of hydrogen-bond donors (Lipinski definition) is 2. The molecule has 2 N–H and O–H groups in total. The van der Waals surface area contributed by atoms with Crippen LogP contribution in [0.1, 0.15) is 41.9 Å². The topological polar surface area (TPSA) is 97.5 Å². The number of ether oxygens (including phenoxy) is 1. The monoisotopic (exact) mass is 367 g/mol. The molecule has 0 saturated heterocycles. The summed E-state index contributed by atoms with van der Waals surface area (Å²) < 4.78 is 7.72. The van der Waals surface area contributed by atoms with E-state index in [0.29, 0.717) is 17.5 Å². The Labute approximate surface area is 156 Å². The number of nitrogens with zero attached hydrogens (tertiary/aromatic N) is 3. The smallest absolute Gasteiger partial charge is 0.157 e. The summed E-state index contributed by atoms with van der Waals surface area (Å²) in [5.74, 6) is 0.0136. The molecule has 3 aromatic rings. The Morgan fingerprint density at radius 2 is 2.00 bits per heavy atom.